The number of ether oxygens (including phenoxy) is 1. The molecule has 0 saturated heterocycles. The summed E-state index contributed by atoms with van der Waals surface area (Å²) in [7, 11) is 0. The third-order valence-corrected chi connectivity index (χ3v) is 3.19. The fourth-order valence-electron chi connectivity index (χ4n) is 1.44. The van der Waals surface area contributed by atoms with E-state index in [9.17, 15) is 9.50 Å². The molecule has 0 aliphatic carbocycles. The number of benzene rings is 2. The summed E-state index contributed by atoms with van der Waals surface area (Å²) < 4.78 is 19.2. The fraction of sp³-hybridized carbons (Fsp3) is 0.0769. The first-order valence-electron chi connectivity index (χ1n) is 5.12. The molecule has 0 spiro atoms. The molecule has 0 heterocycles. The molecule has 0 unspecified atom stereocenters. The Morgan fingerprint density at radius 2 is 2.00 bits per heavy atom. The molecular formula is C13H9BrClFO2. The van der Waals surface area contributed by atoms with Crippen molar-refractivity contribution in [1.82, 2.24) is 0 Å². The topological polar surface area (TPSA) is 29.5 Å². The Morgan fingerprint density at radius 3 is 2.67 bits per heavy atom. The van der Waals surface area contributed by atoms with Crippen LogP contribution in [0.3, 0.4) is 0 Å². The summed E-state index contributed by atoms with van der Waals surface area (Å²) in [6.45, 7) is -0.200. The van der Waals surface area contributed by atoms with Crippen molar-refractivity contribution in [3.63, 3.8) is 0 Å². The minimum absolute atomic E-state index is 0.200. The van der Waals surface area contributed by atoms with Crippen LogP contribution in [0, 0.1) is 5.82 Å². The van der Waals surface area contributed by atoms with Gasteiger partial charge in [0.1, 0.15) is 17.3 Å². The average Bonchev–Trinajstić information content (AvgIpc) is 2.36. The van der Waals surface area contributed by atoms with Crippen molar-refractivity contribution in [2.75, 3.05) is 0 Å². The maximum Gasteiger partial charge on any atom is 0.141 e. The normalized spacial score (nSPS) is 10.4. The van der Waals surface area contributed by atoms with Crippen molar-refractivity contribution >= 4 is 27.5 Å². The van der Waals surface area contributed by atoms with Crippen molar-refractivity contribution in [2.24, 2.45) is 0 Å². The number of halogens is 3. The Hall–Kier alpha value is -1.10. The second-order valence-electron chi connectivity index (χ2n) is 3.59. The van der Waals surface area contributed by atoms with Gasteiger partial charge >= 0.3 is 0 Å². The highest BCUT2D eigenvalue weighted by Gasteiger charge is 2.07. The van der Waals surface area contributed by atoms with E-state index in [-0.39, 0.29) is 6.61 Å². The van der Waals surface area contributed by atoms with Gasteiger partial charge in [-0.05, 0) is 46.3 Å². The van der Waals surface area contributed by atoms with Crippen LogP contribution >= 0.6 is 27.5 Å². The zero-order valence-electron chi connectivity index (χ0n) is 9.16. The maximum atomic E-state index is 13.3. The van der Waals surface area contributed by atoms with E-state index in [1.165, 1.54) is 6.07 Å². The van der Waals surface area contributed by atoms with E-state index in [2.05, 4.69) is 15.9 Å². The quantitative estimate of drug-likeness (QED) is 0.895. The van der Waals surface area contributed by atoms with E-state index < -0.39 is 5.82 Å². The SMILES string of the molecule is OCc1cc(Cl)ccc1Oc1ccc(Br)c(F)c1. The van der Waals surface area contributed by atoms with Crippen LogP contribution < -0.4 is 4.74 Å². The van der Waals surface area contributed by atoms with Gasteiger partial charge in [0, 0.05) is 16.7 Å². The monoisotopic (exact) mass is 330 g/mol. The Balaban J connectivity index is 2.30. The Bertz CT molecular complexity index is 575. The lowest BCUT2D eigenvalue weighted by molar-refractivity contribution is 0.276. The molecule has 0 saturated carbocycles. The van der Waals surface area contributed by atoms with E-state index in [4.69, 9.17) is 16.3 Å². The molecule has 0 aliphatic rings. The van der Waals surface area contributed by atoms with Gasteiger partial charge in [-0.15, -0.1) is 0 Å². The second kappa shape index (κ2) is 5.69. The van der Waals surface area contributed by atoms with Gasteiger partial charge in [0.25, 0.3) is 0 Å². The molecule has 0 bridgehead atoms. The van der Waals surface area contributed by atoms with E-state index in [0.717, 1.165) is 0 Å². The number of hydrogen-bond acceptors (Lipinski definition) is 2. The van der Waals surface area contributed by atoms with Crippen LogP contribution in [0.1, 0.15) is 5.56 Å². The molecule has 1 N–H and O–H groups in total. The van der Waals surface area contributed by atoms with Crippen LogP contribution in [-0.2, 0) is 6.61 Å². The molecule has 0 amide bonds. The molecule has 2 aromatic rings. The van der Waals surface area contributed by atoms with E-state index in [1.807, 2.05) is 0 Å². The third-order valence-electron chi connectivity index (χ3n) is 2.31. The summed E-state index contributed by atoms with van der Waals surface area (Å²) in [5.74, 6) is 0.392. The molecule has 0 atom stereocenters. The van der Waals surface area contributed by atoms with Crippen molar-refractivity contribution in [3.8, 4) is 11.5 Å². The van der Waals surface area contributed by atoms with Gasteiger partial charge in [-0.25, -0.2) is 4.39 Å². The van der Waals surface area contributed by atoms with Gasteiger partial charge < -0.3 is 9.84 Å². The van der Waals surface area contributed by atoms with Crippen molar-refractivity contribution < 1.29 is 14.2 Å². The smallest absolute Gasteiger partial charge is 0.141 e. The zero-order chi connectivity index (χ0) is 13.1. The Labute approximate surface area is 117 Å². The van der Waals surface area contributed by atoms with Gasteiger partial charge in [0.2, 0.25) is 0 Å². The van der Waals surface area contributed by atoms with Crippen LogP contribution in [0.2, 0.25) is 5.02 Å². The van der Waals surface area contributed by atoms with Crippen molar-refractivity contribution in [3.05, 3.63) is 57.3 Å². The van der Waals surface area contributed by atoms with E-state index in [1.54, 1.807) is 30.3 Å². The predicted molar refractivity (Wildman–Crippen MR) is 71.5 cm³/mol. The molecule has 2 aromatic carbocycles. The van der Waals surface area contributed by atoms with Gasteiger partial charge in [-0.3, -0.25) is 0 Å². The fourth-order valence-corrected chi connectivity index (χ4v) is 1.88. The highest BCUT2D eigenvalue weighted by atomic mass is 79.9. The lowest BCUT2D eigenvalue weighted by atomic mass is 10.2. The summed E-state index contributed by atoms with van der Waals surface area (Å²) in [5, 5.41) is 9.71. The molecule has 0 radical (unpaired) electrons. The lowest BCUT2D eigenvalue weighted by Gasteiger charge is -2.10. The number of aliphatic hydroxyl groups is 1. The van der Waals surface area contributed by atoms with Crippen LogP contribution in [-0.4, -0.2) is 5.11 Å². The molecule has 94 valence electrons. The number of hydrogen-bond donors (Lipinski definition) is 1. The molecule has 0 aromatic heterocycles. The average molecular weight is 332 g/mol. The van der Waals surface area contributed by atoms with Crippen molar-refractivity contribution in [2.45, 2.75) is 6.61 Å². The summed E-state index contributed by atoms with van der Waals surface area (Å²) >= 11 is 8.88. The number of rotatable bonds is 3. The Kier molecular flexibility index (Phi) is 4.22. The molecule has 0 fully saturated rings. The largest absolute Gasteiger partial charge is 0.457 e. The maximum absolute atomic E-state index is 13.3. The van der Waals surface area contributed by atoms with E-state index in [0.29, 0.717) is 26.6 Å². The first-order valence-corrected chi connectivity index (χ1v) is 6.29. The summed E-state index contributed by atoms with van der Waals surface area (Å²) in [6.07, 6.45) is 0. The first kappa shape index (κ1) is 13.3. The molecule has 2 nitrogen and oxygen atoms in total. The summed E-state index contributed by atoms with van der Waals surface area (Å²) in [4.78, 5) is 0. The van der Waals surface area contributed by atoms with Gasteiger partial charge in [0.15, 0.2) is 0 Å². The van der Waals surface area contributed by atoms with Crippen LogP contribution in [0.25, 0.3) is 0 Å². The highest BCUT2D eigenvalue weighted by Crippen LogP contribution is 2.29. The molecule has 2 rings (SSSR count). The third kappa shape index (κ3) is 3.02. The molecular weight excluding hydrogens is 322 g/mol. The molecule has 18 heavy (non-hydrogen) atoms. The Morgan fingerprint density at radius 1 is 1.22 bits per heavy atom. The van der Waals surface area contributed by atoms with Gasteiger partial charge in [-0.2, -0.15) is 0 Å². The highest BCUT2D eigenvalue weighted by molar-refractivity contribution is 9.10. The van der Waals surface area contributed by atoms with Crippen LogP contribution in [0.4, 0.5) is 4.39 Å². The second-order valence-corrected chi connectivity index (χ2v) is 4.88. The van der Waals surface area contributed by atoms with Crippen LogP contribution in [0.5, 0.6) is 11.5 Å². The first-order chi connectivity index (χ1) is 8.60. The predicted octanol–water partition coefficient (Wildman–Crippen LogP) is 4.53. The molecule has 0 aliphatic heterocycles. The summed E-state index contributed by atoms with van der Waals surface area (Å²) in [5.41, 5.74) is 0.547. The minimum atomic E-state index is -0.410. The summed E-state index contributed by atoms with van der Waals surface area (Å²) in [6, 6.07) is 9.33. The van der Waals surface area contributed by atoms with Gasteiger partial charge in [0.05, 0.1) is 11.1 Å². The van der Waals surface area contributed by atoms with Crippen molar-refractivity contribution in [1.29, 1.82) is 0 Å². The standard InChI is InChI=1S/C13H9BrClFO2/c14-11-3-2-10(6-12(11)16)18-13-4-1-9(15)5-8(13)7-17/h1-6,17H,7H2. The number of aliphatic hydroxyl groups excluding tert-OH is 1. The minimum Gasteiger partial charge on any atom is -0.457 e. The zero-order valence-corrected chi connectivity index (χ0v) is 11.5. The molecule has 5 heteroatoms. The lowest BCUT2D eigenvalue weighted by Crippen LogP contribution is -1.92. The van der Waals surface area contributed by atoms with E-state index >= 15 is 0 Å². The van der Waals surface area contributed by atoms with Crippen LogP contribution in [0.15, 0.2) is 40.9 Å². The van der Waals surface area contributed by atoms with Gasteiger partial charge in [-0.1, -0.05) is 11.6 Å².